The van der Waals surface area contributed by atoms with E-state index in [1.165, 1.54) is 0 Å². The normalized spacial score (nSPS) is 21.6. The number of aliphatic hydroxyl groups is 1. The van der Waals surface area contributed by atoms with Crippen LogP contribution in [0.1, 0.15) is 52.0 Å². The predicted octanol–water partition coefficient (Wildman–Crippen LogP) is 8.68. The molecule has 11 nitrogen and oxygen atoms in total. The van der Waals surface area contributed by atoms with E-state index in [-0.39, 0.29) is 42.3 Å². The van der Waals surface area contributed by atoms with Crippen molar-refractivity contribution in [2.45, 2.75) is 62.7 Å². The summed E-state index contributed by atoms with van der Waals surface area (Å²) in [6.45, 7) is 6.49. The van der Waals surface area contributed by atoms with E-state index in [1.807, 2.05) is 135 Å². The Bertz CT molecular complexity index is 2550. The van der Waals surface area contributed by atoms with Crippen LogP contribution in [-0.2, 0) is 28.2 Å². The number of hydrogen-bond acceptors (Lipinski definition) is 8. The van der Waals surface area contributed by atoms with Gasteiger partial charge >= 0.3 is 0 Å². The summed E-state index contributed by atoms with van der Waals surface area (Å²) in [5.41, 5.74) is 4.20. The van der Waals surface area contributed by atoms with Crippen LogP contribution in [0.2, 0.25) is 18.6 Å². The Hall–Kier alpha value is -5.44. The second-order valence-electron chi connectivity index (χ2n) is 16.1. The molecular weight excluding hydrogens is 827 g/mol. The fourth-order valence-corrected chi connectivity index (χ4v) is 12.3. The molecule has 9 rings (SSSR count). The van der Waals surface area contributed by atoms with Gasteiger partial charge in [0.1, 0.15) is 5.75 Å². The lowest BCUT2D eigenvalue weighted by atomic mass is 9.82. The Kier molecular flexibility index (Phi) is 10.1. The quantitative estimate of drug-likeness (QED) is 0.131. The van der Waals surface area contributed by atoms with Crippen molar-refractivity contribution in [1.82, 2.24) is 15.0 Å². The van der Waals surface area contributed by atoms with Crippen molar-refractivity contribution in [3.8, 4) is 11.5 Å². The second-order valence-corrected chi connectivity index (χ2v) is 21.0. The molecule has 3 aliphatic rings. The molecule has 1 fully saturated rings. The highest BCUT2D eigenvalue weighted by Crippen LogP contribution is 2.60. The van der Waals surface area contributed by atoms with Crippen LogP contribution in [0.5, 0.6) is 11.5 Å². The van der Waals surface area contributed by atoms with E-state index < -0.39 is 20.0 Å². The molecule has 1 unspecified atom stereocenters. The Morgan fingerprint density at radius 3 is 2.34 bits per heavy atom. The number of hydrogen-bond donors (Lipinski definition) is 2. The van der Waals surface area contributed by atoms with Gasteiger partial charge in [0.05, 0.1) is 47.8 Å². The summed E-state index contributed by atoms with van der Waals surface area (Å²) in [6.07, 6.45) is 1.91. The molecule has 300 valence electrons. The largest absolute Gasteiger partial charge is 0.454 e. The summed E-state index contributed by atoms with van der Waals surface area (Å²) < 4.78 is 15.9. The molecule has 0 radical (unpaired) electrons. The van der Waals surface area contributed by atoms with Crippen LogP contribution in [0.25, 0.3) is 0 Å². The fourth-order valence-electron chi connectivity index (χ4n) is 9.37. The summed E-state index contributed by atoms with van der Waals surface area (Å²) in [5, 5.41) is 19.0. The van der Waals surface area contributed by atoms with E-state index in [1.54, 1.807) is 26.6 Å². The predicted molar refractivity (Wildman–Crippen MR) is 230 cm³/mol. The summed E-state index contributed by atoms with van der Waals surface area (Å²) in [5.74, 6) is 0.0582. The molecule has 2 N–H and O–H groups in total. The molecule has 0 aliphatic carbocycles. The van der Waals surface area contributed by atoms with Gasteiger partial charge in [0, 0.05) is 39.9 Å². The third kappa shape index (κ3) is 6.80. The number of aliphatic hydroxyl groups excluding tert-OH is 1. The monoisotopic (exact) mass is 869 g/mol. The number of ether oxygens (including phenoxy) is 2. The van der Waals surface area contributed by atoms with E-state index in [9.17, 15) is 14.7 Å². The number of anilines is 3. The lowest BCUT2D eigenvalue weighted by Gasteiger charge is -2.32. The molecule has 6 aromatic rings. The van der Waals surface area contributed by atoms with Crippen molar-refractivity contribution in [1.29, 1.82) is 0 Å². The highest BCUT2D eigenvalue weighted by Gasteiger charge is 2.66. The van der Waals surface area contributed by atoms with Gasteiger partial charge in [0.2, 0.25) is 0 Å². The lowest BCUT2D eigenvalue weighted by Crippen LogP contribution is -2.46. The van der Waals surface area contributed by atoms with Gasteiger partial charge in [-0.05, 0) is 85.2 Å². The van der Waals surface area contributed by atoms with Crippen molar-refractivity contribution in [3.05, 3.63) is 160 Å². The first kappa shape index (κ1) is 39.0. The number of benzene rings is 5. The zero-order valence-electron chi connectivity index (χ0n) is 32.9. The zero-order chi connectivity index (χ0) is 41.1. The van der Waals surface area contributed by atoms with Gasteiger partial charge in [-0.3, -0.25) is 19.2 Å². The number of carbonyl (C=O) groups excluding carboxylic acids is 2. The Labute approximate surface area is 352 Å². The average Bonchev–Trinajstić information content (AvgIpc) is 3.86. The third-order valence-corrected chi connectivity index (χ3v) is 15.1. The number of fused-ring (bicyclic) bond motifs is 4. The van der Waals surface area contributed by atoms with Crippen LogP contribution >= 0.6 is 15.9 Å². The number of aromatic nitrogens is 3. The molecule has 0 bridgehead atoms. The molecule has 5 aromatic carbocycles. The molecule has 0 saturated carbocycles. The Morgan fingerprint density at radius 1 is 0.881 bits per heavy atom. The highest BCUT2D eigenvalue weighted by atomic mass is 79.9. The maximum Gasteiger partial charge on any atom is 0.266 e. The van der Waals surface area contributed by atoms with Crippen LogP contribution in [0.15, 0.2) is 132 Å². The van der Waals surface area contributed by atoms with Gasteiger partial charge in [0.15, 0.2) is 19.7 Å². The number of amides is 2. The molecule has 1 saturated heterocycles. The Balaban J connectivity index is 0.993. The van der Waals surface area contributed by atoms with Gasteiger partial charge in [-0.1, -0.05) is 94.8 Å². The highest BCUT2D eigenvalue weighted by molar-refractivity contribution is 9.10. The average molecular weight is 871 g/mol. The van der Waals surface area contributed by atoms with Gasteiger partial charge in [-0.2, -0.15) is 0 Å². The first-order chi connectivity index (χ1) is 28.5. The summed E-state index contributed by atoms with van der Waals surface area (Å²) in [4.78, 5) is 44.4. The smallest absolute Gasteiger partial charge is 0.266 e. The van der Waals surface area contributed by atoms with Crippen LogP contribution in [0, 0.1) is 5.92 Å². The minimum absolute atomic E-state index is 0.102. The topological polar surface area (TPSA) is 130 Å². The maximum atomic E-state index is 15.1. The molecule has 1 spiro atoms. The standard InChI is InChI=1S/C46H44BrN5O6Si/c1-29-43(59(2,3)56)42(23-24-50-27-37(48-49-50)35(28-53)31-11-5-4-6-12-31)58-46(29)36-25-32(47)19-22-38(36)51(45(46)55)26-30-17-20-33(21-18-30)52-39-14-8-10-16-41(39)57-40-15-9-7-13-34(40)44(52)54/h4-22,25,27,29,35,42-43,53,56H,23-24,26,28H2,1-3H3/t29-,35?,42+,43-,46+/m1/s1. The second kappa shape index (κ2) is 15.3. The number of rotatable bonds is 10. The lowest BCUT2D eigenvalue weighted by molar-refractivity contribution is -0.146. The molecule has 1 aromatic heterocycles. The minimum atomic E-state index is -2.91. The molecule has 4 heterocycles. The van der Waals surface area contributed by atoms with E-state index >= 15 is 4.79 Å². The summed E-state index contributed by atoms with van der Waals surface area (Å²) in [7, 11) is -2.91. The van der Waals surface area contributed by atoms with Crippen molar-refractivity contribution in [2.24, 2.45) is 5.92 Å². The number of carbonyl (C=O) groups is 2. The van der Waals surface area contributed by atoms with Crippen molar-refractivity contribution in [2.75, 3.05) is 16.4 Å². The van der Waals surface area contributed by atoms with Crippen LogP contribution in [0.3, 0.4) is 0 Å². The first-order valence-electron chi connectivity index (χ1n) is 19.8. The van der Waals surface area contributed by atoms with Crippen LogP contribution < -0.4 is 14.5 Å². The van der Waals surface area contributed by atoms with Gasteiger partial charge in [-0.25, -0.2) is 0 Å². The van der Waals surface area contributed by atoms with E-state index in [2.05, 4.69) is 26.2 Å². The van der Waals surface area contributed by atoms with E-state index in [0.29, 0.717) is 47.1 Å². The number of halogens is 1. The molecular formula is C46H44BrN5O6Si. The van der Waals surface area contributed by atoms with Crippen LogP contribution in [0.4, 0.5) is 17.1 Å². The van der Waals surface area contributed by atoms with Crippen molar-refractivity contribution in [3.63, 3.8) is 0 Å². The molecule has 2 amide bonds. The number of aryl methyl sites for hydroxylation is 1. The van der Waals surface area contributed by atoms with Crippen LogP contribution in [-0.4, -0.2) is 57.7 Å². The minimum Gasteiger partial charge on any atom is -0.454 e. The SMILES string of the molecule is C[C@@H]1[C@@H]([Si](C)(C)O)[C@H](CCn2cc(C(CO)c3ccccc3)nn2)O[C@@]12C(=O)N(Cc1ccc(N3C(=O)c4ccccc4Oc4ccccc43)cc1)c1ccc(Br)cc12. The number of nitrogens with zero attached hydrogens (tertiary/aromatic N) is 5. The summed E-state index contributed by atoms with van der Waals surface area (Å²) in [6, 6.07) is 38.0. The fraction of sp³-hybridized carbons (Fsp3) is 0.261. The maximum absolute atomic E-state index is 15.1. The third-order valence-electron chi connectivity index (χ3n) is 12.1. The van der Waals surface area contributed by atoms with Gasteiger partial charge in [0.25, 0.3) is 11.8 Å². The van der Waals surface area contributed by atoms with Crippen molar-refractivity contribution < 1.29 is 29.0 Å². The van der Waals surface area contributed by atoms with E-state index in [0.717, 1.165) is 26.9 Å². The van der Waals surface area contributed by atoms with Gasteiger partial charge < -0.3 is 24.3 Å². The van der Waals surface area contributed by atoms with E-state index in [4.69, 9.17) is 9.47 Å². The molecule has 13 heteroatoms. The molecule has 59 heavy (non-hydrogen) atoms. The summed E-state index contributed by atoms with van der Waals surface area (Å²) >= 11 is 3.66. The first-order valence-corrected chi connectivity index (χ1v) is 23.7. The molecule has 5 atom stereocenters. The number of para-hydroxylation sites is 3. The van der Waals surface area contributed by atoms with Crippen molar-refractivity contribution >= 4 is 53.1 Å². The van der Waals surface area contributed by atoms with Gasteiger partial charge in [-0.15, -0.1) is 5.10 Å². The zero-order valence-corrected chi connectivity index (χ0v) is 35.5. The molecule has 3 aliphatic heterocycles. The Morgan fingerprint density at radius 2 is 1.59 bits per heavy atom.